The van der Waals surface area contributed by atoms with E-state index < -0.39 is 10.0 Å². The van der Waals surface area contributed by atoms with Gasteiger partial charge in [-0.25, -0.2) is 8.42 Å². The minimum absolute atomic E-state index is 0.159. The van der Waals surface area contributed by atoms with E-state index in [0.717, 1.165) is 19.3 Å². The monoisotopic (exact) mass is 318 g/mol. The van der Waals surface area contributed by atoms with Crippen molar-refractivity contribution < 1.29 is 8.42 Å². The van der Waals surface area contributed by atoms with Crippen molar-refractivity contribution in [3.05, 3.63) is 28.8 Å². The van der Waals surface area contributed by atoms with Gasteiger partial charge in [-0.1, -0.05) is 30.2 Å². The predicted octanol–water partition coefficient (Wildman–Crippen LogP) is 2.15. The first-order chi connectivity index (χ1) is 8.93. The molecule has 0 aromatic heterocycles. The van der Waals surface area contributed by atoms with Crippen molar-refractivity contribution in [3.8, 4) is 0 Å². The summed E-state index contributed by atoms with van der Waals surface area (Å²) in [6, 6.07) is 4.48. The molecule has 1 aromatic carbocycles. The number of hydrogen-bond donors (Lipinski definition) is 1. The van der Waals surface area contributed by atoms with E-state index in [9.17, 15) is 8.42 Å². The van der Waals surface area contributed by atoms with Crippen LogP contribution in [0.25, 0.3) is 0 Å². The summed E-state index contributed by atoms with van der Waals surface area (Å²) < 4.78 is 26.4. The summed E-state index contributed by atoms with van der Waals surface area (Å²) in [5, 5.41) is 0.269. The van der Waals surface area contributed by atoms with Crippen molar-refractivity contribution in [1.29, 1.82) is 0 Å². The van der Waals surface area contributed by atoms with Crippen LogP contribution < -0.4 is 5.73 Å². The molecule has 0 atom stereocenters. The second kappa shape index (κ2) is 5.75. The van der Waals surface area contributed by atoms with Gasteiger partial charge < -0.3 is 5.73 Å². The van der Waals surface area contributed by atoms with Gasteiger partial charge in [0.15, 0.2) is 0 Å². The average Bonchev–Trinajstić information content (AvgIpc) is 2.39. The van der Waals surface area contributed by atoms with Gasteiger partial charge in [-0.15, -0.1) is 0 Å². The van der Waals surface area contributed by atoms with Crippen LogP contribution in [0.2, 0.25) is 5.02 Å². The molecular weight excluding hydrogens is 304 g/mol. The van der Waals surface area contributed by atoms with Crippen molar-refractivity contribution in [2.24, 2.45) is 5.73 Å². The summed E-state index contributed by atoms with van der Waals surface area (Å²) in [7, 11) is -3.46. The third-order valence-corrected chi connectivity index (χ3v) is 5.59. The van der Waals surface area contributed by atoms with Gasteiger partial charge in [0.1, 0.15) is 4.99 Å². The van der Waals surface area contributed by atoms with E-state index in [1.165, 1.54) is 16.4 Å². The molecule has 0 amide bonds. The van der Waals surface area contributed by atoms with Gasteiger partial charge in [-0.05, 0) is 31.0 Å². The molecule has 19 heavy (non-hydrogen) atoms. The minimum atomic E-state index is -3.46. The van der Waals surface area contributed by atoms with Crippen LogP contribution in [0.15, 0.2) is 23.1 Å². The topological polar surface area (TPSA) is 63.4 Å². The molecule has 7 heteroatoms. The SMILES string of the molecule is NC(=S)c1ccc(S(=O)(=O)N2CCCCC2)cc1Cl. The Balaban J connectivity index is 2.35. The lowest BCUT2D eigenvalue weighted by Crippen LogP contribution is -2.35. The summed E-state index contributed by atoms with van der Waals surface area (Å²) in [5.74, 6) is 0. The van der Waals surface area contributed by atoms with E-state index in [4.69, 9.17) is 29.6 Å². The molecule has 0 unspecified atom stereocenters. The highest BCUT2D eigenvalue weighted by Gasteiger charge is 2.26. The molecule has 0 radical (unpaired) electrons. The molecule has 4 nitrogen and oxygen atoms in total. The van der Waals surface area contributed by atoms with Crippen molar-refractivity contribution in [2.45, 2.75) is 24.2 Å². The number of sulfonamides is 1. The highest BCUT2D eigenvalue weighted by Crippen LogP contribution is 2.25. The van der Waals surface area contributed by atoms with Crippen LogP contribution in [0.4, 0.5) is 0 Å². The van der Waals surface area contributed by atoms with Gasteiger partial charge in [0.2, 0.25) is 10.0 Å². The molecule has 1 heterocycles. The molecular formula is C12H15ClN2O2S2. The molecule has 1 saturated heterocycles. The lowest BCUT2D eigenvalue weighted by molar-refractivity contribution is 0.346. The van der Waals surface area contributed by atoms with Gasteiger partial charge in [0.05, 0.1) is 9.92 Å². The van der Waals surface area contributed by atoms with E-state index in [1.807, 2.05) is 0 Å². The average molecular weight is 319 g/mol. The van der Waals surface area contributed by atoms with Gasteiger partial charge in [0, 0.05) is 18.7 Å². The molecule has 2 rings (SSSR count). The van der Waals surface area contributed by atoms with Crippen LogP contribution in [-0.4, -0.2) is 30.8 Å². The second-order valence-corrected chi connectivity index (χ2v) is 7.26. The molecule has 1 aliphatic heterocycles. The van der Waals surface area contributed by atoms with Crippen LogP contribution in [0.1, 0.15) is 24.8 Å². The number of benzene rings is 1. The fourth-order valence-corrected chi connectivity index (χ4v) is 4.24. The van der Waals surface area contributed by atoms with Gasteiger partial charge >= 0.3 is 0 Å². The van der Waals surface area contributed by atoms with Gasteiger partial charge in [-0.2, -0.15) is 4.31 Å². The van der Waals surface area contributed by atoms with Gasteiger partial charge in [0.25, 0.3) is 0 Å². The summed E-state index contributed by atoms with van der Waals surface area (Å²) in [5.41, 5.74) is 6.00. The zero-order valence-electron chi connectivity index (χ0n) is 10.3. The van der Waals surface area contributed by atoms with Crippen LogP contribution in [-0.2, 0) is 10.0 Å². The number of halogens is 1. The van der Waals surface area contributed by atoms with E-state index in [2.05, 4.69) is 0 Å². The number of thiocarbonyl (C=S) groups is 1. The van der Waals surface area contributed by atoms with Gasteiger partial charge in [-0.3, -0.25) is 0 Å². The Morgan fingerprint density at radius 2 is 1.89 bits per heavy atom. The number of nitrogens with zero attached hydrogens (tertiary/aromatic N) is 1. The van der Waals surface area contributed by atoms with Crippen molar-refractivity contribution in [2.75, 3.05) is 13.1 Å². The molecule has 1 aliphatic rings. The Morgan fingerprint density at radius 3 is 2.42 bits per heavy atom. The lowest BCUT2D eigenvalue weighted by atomic mass is 10.2. The van der Waals surface area contributed by atoms with Crippen molar-refractivity contribution in [1.82, 2.24) is 4.31 Å². The van der Waals surface area contributed by atoms with Crippen molar-refractivity contribution >= 4 is 38.8 Å². The first-order valence-electron chi connectivity index (χ1n) is 6.02. The predicted molar refractivity (Wildman–Crippen MR) is 79.9 cm³/mol. The smallest absolute Gasteiger partial charge is 0.243 e. The maximum Gasteiger partial charge on any atom is 0.243 e. The van der Waals surface area contributed by atoms with Crippen molar-refractivity contribution in [3.63, 3.8) is 0 Å². The third-order valence-electron chi connectivity index (χ3n) is 3.16. The number of hydrogen-bond acceptors (Lipinski definition) is 3. The van der Waals surface area contributed by atoms with Crippen LogP contribution >= 0.6 is 23.8 Å². The maximum absolute atomic E-state index is 12.4. The Hall–Kier alpha value is -0.690. The van der Waals surface area contributed by atoms with Crippen LogP contribution in [0, 0.1) is 0 Å². The zero-order valence-corrected chi connectivity index (χ0v) is 12.7. The third kappa shape index (κ3) is 3.08. The van der Waals surface area contributed by atoms with Crippen LogP contribution in [0.3, 0.4) is 0 Å². The molecule has 2 N–H and O–H groups in total. The molecule has 104 valence electrons. The highest BCUT2D eigenvalue weighted by atomic mass is 35.5. The summed E-state index contributed by atoms with van der Waals surface area (Å²) in [4.78, 5) is 0.353. The Labute approximate surface area is 123 Å². The standard InChI is InChI=1S/C12H15ClN2O2S2/c13-11-8-9(4-5-10(11)12(14)18)19(16,17)15-6-2-1-3-7-15/h4-5,8H,1-3,6-7H2,(H2,14,18). The van der Waals surface area contributed by atoms with E-state index >= 15 is 0 Å². The number of piperidine rings is 1. The quantitative estimate of drug-likeness (QED) is 0.867. The minimum Gasteiger partial charge on any atom is -0.389 e. The summed E-state index contributed by atoms with van der Waals surface area (Å²) in [6.45, 7) is 1.13. The van der Waals surface area contributed by atoms with E-state index in [0.29, 0.717) is 18.7 Å². The molecule has 1 aromatic rings. The number of rotatable bonds is 3. The normalized spacial score (nSPS) is 17.3. The Morgan fingerprint density at radius 1 is 1.26 bits per heavy atom. The van der Waals surface area contributed by atoms with Crippen LogP contribution in [0.5, 0.6) is 0 Å². The molecule has 1 fully saturated rings. The molecule has 0 saturated carbocycles. The Kier molecular flexibility index (Phi) is 4.45. The fourth-order valence-electron chi connectivity index (χ4n) is 2.11. The first kappa shape index (κ1) is 14.7. The lowest BCUT2D eigenvalue weighted by Gasteiger charge is -2.26. The molecule has 0 aliphatic carbocycles. The highest BCUT2D eigenvalue weighted by molar-refractivity contribution is 7.89. The Bertz CT molecular complexity index is 596. The largest absolute Gasteiger partial charge is 0.389 e. The zero-order chi connectivity index (χ0) is 14.0. The molecule has 0 bridgehead atoms. The number of nitrogens with two attached hydrogens (primary N) is 1. The van der Waals surface area contributed by atoms with E-state index in [-0.39, 0.29) is 14.9 Å². The maximum atomic E-state index is 12.4. The first-order valence-corrected chi connectivity index (χ1v) is 8.25. The fraction of sp³-hybridized carbons (Fsp3) is 0.417. The summed E-state index contributed by atoms with van der Waals surface area (Å²) in [6.07, 6.45) is 2.88. The van der Waals surface area contributed by atoms with E-state index in [1.54, 1.807) is 6.07 Å². The molecule has 0 spiro atoms. The second-order valence-electron chi connectivity index (χ2n) is 4.47. The summed E-state index contributed by atoms with van der Waals surface area (Å²) >= 11 is 10.9.